The Labute approximate surface area is 190 Å². The van der Waals surface area contributed by atoms with E-state index in [1.807, 2.05) is 0 Å². The van der Waals surface area contributed by atoms with Crippen LogP contribution in [-0.4, -0.2) is 34.4 Å². The molecule has 3 aromatic rings. The Bertz CT molecular complexity index is 1210. The second-order valence-corrected chi connectivity index (χ2v) is 8.32. The van der Waals surface area contributed by atoms with Crippen LogP contribution in [0.4, 0.5) is 26.3 Å². The van der Waals surface area contributed by atoms with Gasteiger partial charge in [0.15, 0.2) is 0 Å². The van der Waals surface area contributed by atoms with Gasteiger partial charge in [-0.3, -0.25) is 4.79 Å². The minimum atomic E-state index is -4.87. The van der Waals surface area contributed by atoms with Crippen molar-refractivity contribution in [3.63, 3.8) is 0 Å². The second-order valence-electron chi connectivity index (χ2n) is 7.91. The summed E-state index contributed by atoms with van der Waals surface area (Å²) >= 11 is 5.72. The van der Waals surface area contributed by atoms with Crippen molar-refractivity contribution in [2.75, 3.05) is 13.1 Å². The average Bonchev–Trinajstić information content (AvgIpc) is 3.00. The van der Waals surface area contributed by atoms with Crippen molar-refractivity contribution in [1.82, 2.24) is 9.47 Å². The van der Waals surface area contributed by atoms with Crippen molar-refractivity contribution in [3.05, 3.63) is 81.9 Å². The molecule has 1 fully saturated rings. The Kier molecular flexibility index (Phi) is 5.72. The minimum absolute atomic E-state index is 0.0117. The fraction of sp³-hybridized carbons (Fsp3) is 0.261. The first-order chi connectivity index (χ1) is 15.4. The van der Waals surface area contributed by atoms with Crippen LogP contribution in [-0.2, 0) is 12.7 Å². The molecule has 0 N–H and O–H groups in total. The third kappa shape index (κ3) is 4.34. The van der Waals surface area contributed by atoms with Crippen LogP contribution in [0.5, 0.6) is 0 Å². The number of likely N-dealkylation sites (tertiary alicyclic amines) is 1. The molecule has 0 aliphatic carbocycles. The summed E-state index contributed by atoms with van der Waals surface area (Å²) < 4.78 is 84.5. The molecule has 10 heteroatoms. The number of aromatic nitrogens is 1. The summed E-state index contributed by atoms with van der Waals surface area (Å²) in [5.41, 5.74) is -1.56. The summed E-state index contributed by atoms with van der Waals surface area (Å²) in [6.45, 7) is -0.972. The zero-order valence-corrected chi connectivity index (χ0v) is 17.9. The lowest BCUT2D eigenvalue weighted by Gasteiger charge is -2.39. The summed E-state index contributed by atoms with van der Waals surface area (Å²) in [6, 6.07) is 11.5. The molecule has 174 valence electrons. The van der Waals surface area contributed by atoms with E-state index in [1.165, 1.54) is 19.1 Å². The molecule has 0 spiro atoms. The van der Waals surface area contributed by atoms with E-state index >= 15 is 0 Å². The van der Waals surface area contributed by atoms with Crippen LogP contribution in [0, 0.1) is 12.7 Å². The van der Waals surface area contributed by atoms with Crippen molar-refractivity contribution < 1.29 is 31.1 Å². The average molecular weight is 487 g/mol. The molecule has 1 aliphatic rings. The molecular formula is C23H17ClF6N2O. The lowest BCUT2D eigenvalue weighted by atomic mass is 9.99. The number of carbonyl (C=O) groups excluding carboxylic acids is 1. The van der Waals surface area contributed by atoms with Crippen LogP contribution >= 0.6 is 11.6 Å². The van der Waals surface area contributed by atoms with Gasteiger partial charge in [-0.05, 0) is 35.7 Å². The van der Waals surface area contributed by atoms with Crippen LogP contribution in [0.1, 0.15) is 27.3 Å². The normalized spacial score (nSPS) is 15.5. The predicted molar refractivity (Wildman–Crippen MR) is 111 cm³/mol. The van der Waals surface area contributed by atoms with E-state index in [0.29, 0.717) is 5.56 Å². The van der Waals surface area contributed by atoms with E-state index in [1.54, 1.807) is 30.3 Å². The van der Waals surface area contributed by atoms with Crippen LogP contribution in [0.15, 0.2) is 48.5 Å². The summed E-state index contributed by atoms with van der Waals surface area (Å²) in [4.78, 5) is 14.0. The van der Waals surface area contributed by atoms with Crippen LogP contribution in [0.25, 0.3) is 11.1 Å². The van der Waals surface area contributed by atoms with E-state index in [2.05, 4.69) is 0 Å². The molecule has 1 amide bonds. The highest BCUT2D eigenvalue weighted by atomic mass is 35.5. The van der Waals surface area contributed by atoms with E-state index in [9.17, 15) is 31.1 Å². The number of halogens is 7. The number of alkyl halides is 5. The molecule has 2 aromatic carbocycles. The zero-order chi connectivity index (χ0) is 24.1. The van der Waals surface area contributed by atoms with E-state index in [-0.39, 0.29) is 28.3 Å². The maximum absolute atomic E-state index is 14.2. The molecular weight excluding hydrogens is 470 g/mol. The molecule has 33 heavy (non-hydrogen) atoms. The molecule has 0 saturated carbocycles. The van der Waals surface area contributed by atoms with Gasteiger partial charge >= 0.3 is 6.18 Å². The number of amides is 1. The molecule has 0 bridgehead atoms. The van der Waals surface area contributed by atoms with E-state index in [4.69, 9.17) is 11.6 Å². The zero-order valence-electron chi connectivity index (χ0n) is 17.2. The van der Waals surface area contributed by atoms with Crippen molar-refractivity contribution in [1.29, 1.82) is 0 Å². The maximum Gasteiger partial charge on any atom is 0.431 e. The topological polar surface area (TPSA) is 25.2 Å². The molecule has 1 aliphatic heterocycles. The van der Waals surface area contributed by atoms with Gasteiger partial charge in [-0.1, -0.05) is 48.0 Å². The highest BCUT2D eigenvalue weighted by Crippen LogP contribution is 2.43. The fourth-order valence-corrected chi connectivity index (χ4v) is 4.19. The third-order valence-corrected chi connectivity index (χ3v) is 5.81. The van der Waals surface area contributed by atoms with Gasteiger partial charge < -0.3 is 9.47 Å². The first-order valence-corrected chi connectivity index (χ1v) is 10.2. The standard InChI is InChI=1S/C23H17ClF6N2O/c1-13-18(15-7-8-16(24)17(25)9-15)19(21(33)31-11-22(26,27)12-31)32(20(13)23(28,29)30)10-14-5-3-2-4-6-14/h2-9H,10-12H2,1H3. The fourth-order valence-electron chi connectivity index (χ4n) is 4.07. The van der Waals surface area contributed by atoms with Gasteiger partial charge in [0, 0.05) is 12.1 Å². The first-order valence-electron chi connectivity index (χ1n) is 9.86. The Morgan fingerprint density at radius 1 is 1.09 bits per heavy atom. The van der Waals surface area contributed by atoms with E-state index < -0.39 is 48.3 Å². The SMILES string of the molecule is Cc1c(-c2ccc(Cl)c(F)c2)c(C(=O)N2CC(F)(F)C2)n(Cc2ccccc2)c1C(F)(F)F. The Morgan fingerprint density at radius 2 is 1.73 bits per heavy atom. The maximum atomic E-state index is 14.2. The summed E-state index contributed by atoms with van der Waals surface area (Å²) in [6.07, 6.45) is -4.87. The smallest absolute Gasteiger partial charge is 0.328 e. The lowest BCUT2D eigenvalue weighted by molar-refractivity contribution is -0.144. The number of rotatable bonds is 4. The summed E-state index contributed by atoms with van der Waals surface area (Å²) in [5, 5.41) is -0.244. The van der Waals surface area contributed by atoms with Crippen molar-refractivity contribution in [3.8, 4) is 11.1 Å². The van der Waals surface area contributed by atoms with Gasteiger partial charge in [-0.2, -0.15) is 13.2 Å². The third-order valence-electron chi connectivity index (χ3n) is 5.50. The number of carbonyl (C=O) groups is 1. The summed E-state index contributed by atoms with van der Waals surface area (Å²) in [7, 11) is 0. The van der Waals surface area contributed by atoms with Gasteiger partial charge in [-0.15, -0.1) is 0 Å². The molecule has 0 unspecified atom stereocenters. The Balaban J connectivity index is 1.98. The number of hydrogen-bond acceptors (Lipinski definition) is 1. The largest absolute Gasteiger partial charge is 0.431 e. The summed E-state index contributed by atoms with van der Waals surface area (Å²) in [5.74, 6) is -4.98. The van der Waals surface area contributed by atoms with Gasteiger partial charge in [-0.25, -0.2) is 13.2 Å². The highest BCUT2D eigenvalue weighted by Gasteiger charge is 2.49. The minimum Gasteiger partial charge on any atom is -0.328 e. The lowest BCUT2D eigenvalue weighted by Crippen LogP contribution is -2.58. The first kappa shape index (κ1) is 23.2. The Hall–Kier alpha value is -2.94. The molecule has 2 heterocycles. The van der Waals surface area contributed by atoms with Crippen molar-refractivity contribution >= 4 is 17.5 Å². The molecule has 0 radical (unpaired) electrons. The molecule has 0 atom stereocenters. The number of nitrogens with zero attached hydrogens (tertiary/aromatic N) is 2. The van der Waals surface area contributed by atoms with Crippen LogP contribution < -0.4 is 0 Å². The van der Waals surface area contributed by atoms with Gasteiger partial charge in [0.1, 0.15) is 17.2 Å². The monoisotopic (exact) mass is 486 g/mol. The quantitative estimate of drug-likeness (QED) is 0.391. The van der Waals surface area contributed by atoms with Gasteiger partial charge in [0.05, 0.1) is 18.1 Å². The van der Waals surface area contributed by atoms with Gasteiger partial charge in [0.25, 0.3) is 11.8 Å². The van der Waals surface area contributed by atoms with Crippen LogP contribution in [0.2, 0.25) is 5.02 Å². The van der Waals surface area contributed by atoms with Gasteiger partial charge in [0.2, 0.25) is 0 Å². The number of benzene rings is 2. The molecule has 3 nitrogen and oxygen atoms in total. The number of hydrogen-bond donors (Lipinski definition) is 0. The Morgan fingerprint density at radius 3 is 2.27 bits per heavy atom. The molecule has 4 rings (SSSR count). The van der Waals surface area contributed by atoms with Crippen LogP contribution in [0.3, 0.4) is 0 Å². The highest BCUT2D eigenvalue weighted by molar-refractivity contribution is 6.30. The predicted octanol–water partition coefficient (Wildman–Crippen LogP) is 6.41. The van der Waals surface area contributed by atoms with Crippen molar-refractivity contribution in [2.24, 2.45) is 0 Å². The molecule has 1 saturated heterocycles. The van der Waals surface area contributed by atoms with Crippen molar-refractivity contribution in [2.45, 2.75) is 25.6 Å². The second kappa shape index (κ2) is 8.13. The van der Waals surface area contributed by atoms with E-state index in [0.717, 1.165) is 15.5 Å². The molecule has 1 aromatic heterocycles.